The molecule has 8 aromatic carbocycles. The van der Waals surface area contributed by atoms with Crippen molar-refractivity contribution in [1.82, 2.24) is 0 Å². The molecule has 0 bridgehead atoms. The van der Waals surface area contributed by atoms with Crippen molar-refractivity contribution in [2.45, 2.75) is 29.4 Å². The summed E-state index contributed by atoms with van der Waals surface area (Å²) in [5.41, 5.74) is 2.32. The predicted molar refractivity (Wildman–Crippen MR) is 279 cm³/mol. The Bertz CT molecular complexity index is 4270. The van der Waals surface area contributed by atoms with E-state index in [1.807, 2.05) is 0 Å². The molecule has 0 atom stereocenters. The Hall–Kier alpha value is -8.05. The number of carbonyl (C=O) groups excluding carboxylic acids is 3. The van der Waals surface area contributed by atoms with Crippen LogP contribution >= 0.6 is 0 Å². The predicted octanol–water partition coefficient (Wildman–Crippen LogP) is 6.96. The van der Waals surface area contributed by atoms with Gasteiger partial charge in [-0.25, -0.2) is 4.79 Å². The number of fused-ring (bicyclic) bond motifs is 2. The standard InChI is InChI=1S/C47H34N4O21S6/c52-45(50-37-17-19-39(75(61,62)63)35-21-33(73(55,56)57)23-41(43(35)37)77(67,68)69)29-5-1-25(2-6-29)27-9-13-31(14-10-27)48-47(54)49-32-15-11-28(12-16-32)26-3-7-30(8-4-26)46(53)51-38-18-20-40(76(64,65)66)36-22-34(74(58,59)60)24-42(44(36)38)78(70,71)72/h1-24H,(H,50,52)(H,51,53)(H2,48,49,54)(H,55,56,57)(H,58,59,60)(H,61,62,63)(H,64,65,66)(H,67,68,69)(H,70,71,72). The second-order valence-corrected chi connectivity index (χ2v) is 25.0. The van der Waals surface area contributed by atoms with Crippen LogP contribution in [-0.2, 0) is 60.7 Å². The zero-order valence-corrected chi connectivity index (χ0v) is 43.5. The first-order valence-electron chi connectivity index (χ1n) is 21.3. The molecule has 4 amide bonds. The van der Waals surface area contributed by atoms with Gasteiger partial charge in [0.15, 0.2) is 0 Å². The zero-order valence-electron chi connectivity index (χ0n) is 38.6. The molecule has 0 saturated carbocycles. The van der Waals surface area contributed by atoms with Gasteiger partial charge in [-0.05, 0) is 119 Å². The van der Waals surface area contributed by atoms with E-state index in [2.05, 4.69) is 21.3 Å². The van der Waals surface area contributed by atoms with Gasteiger partial charge in [-0.15, -0.1) is 0 Å². The molecule has 0 aliphatic rings. The van der Waals surface area contributed by atoms with Crippen LogP contribution in [0.3, 0.4) is 0 Å². The van der Waals surface area contributed by atoms with Crippen molar-refractivity contribution in [2.24, 2.45) is 0 Å². The van der Waals surface area contributed by atoms with Gasteiger partial charge in [-0.3, -0.25) is 36.9 Å². The molecule has 0 aliphatic heterocycles. The van der Waals surface area contributed by atoms with Crippen LogP contribution in [0.15, 0.2) is 175 Å². The van der Waals surface area contributed by atoms with Crippen molar-refractivity contribution in [1.29, 1.82) is 0 Å². The van der Waals surface area contributed by atoms with Crippen LogP contribution < -0.4 is 21.3 Å². The summed E-state index contributed by atoms with van der Waals surface area (Å²) >= 11 is 0. The van der Waals surface area contributed by atoms with Crippen LogP contribution in [0.1, 0.15) is 20.7 Å². The molecule has 31 heteroatoms. The van der Waals surface area contributed by atoms with E-state index in [0.29, 0.717) is 57.9 Å². The van der Waals surface area contributed by atoms with E-state index in [1.54, 1.807) is 72.8 Å². The molecule has 0 aliphatic carbocycles. The quantitative estimate of drug-likeness (QED) is 0.0492. The molecule has 0 fully saturated rings. The lowest BCUT2D eigenvalue weighted by molar-refractivity contribution is 0.101. The molecular weight excluding hydrogens is 1150 g/mol. The third kappa shape index (κ3) is 12.2. The maximum Gasteiger partial charge on any atom is 0.323 e. The first-order valence-corrected chi connectivity index (χ1v) is 30.0. The fraction of sp³-hybridized carbons (Fsp3) is 0. The molecule has 0 aromatic heterocycles. The average molecular weight is 1180 g/mol. The summed E-state index contributed by atoms with van der Waals surface area (Å²) in [7, 11) is -31.5. The second-order valence-electron chi connectivity index (χ2n) is 16.6. The number of nitrogens with one attached hydrogen (secondary N) is 4. The molecule has 404 valence electrons. The van der Waals surface area contributed by atoms with Crippen molar-refractivity contribution in [3.05, 3.63) is 157 Å². The first-order chi connectivity index (χ1) is 36.2. The lowest BCUT2D eigenvalue weighted by atomic mass is 10.0. The maximum atomic E-state index is 13.4. The molecule has 0 heterocycles. The number of carbonyl (C=O) groups is 3. The van der Waals surface area contributed by atoms with E-state index in [1.165, 1.54) is 24.3 Å². The monoisotopic (exact) mass is 1180 g/mol. The minimum atomic E-state index is -5.37. The third-order valence-electron chi connectivity index (χ3n) is 11.5. The molecule has 8 rings (SSSR count). The maximum absolute atomic E-state index is 13.4. The summed E-state index contributed by atoms with van der Waals surface area (Å²) in [6, 6.07) is 29.1. The van der Waals surface area contributed by atoms with Gasteiger partial charge in [0.05, 0.1) is 21.2 Å². The number of rotatable bonds is 14. The molecular formula is C47H34N4O21S6. The molecule has 0 unspecified atom stereocenters. The fourth-order valence-corrected chi connectivity index (χ4v) is 12.0. The lowest BCUT2D eigenvalue weighted by Gasteiger charge is -2.15. The van der Waals surface area contributed by atoms with Gasteiger partial charge in [0.1, 0.15) is 19.6 Å². The van der Waals surface area contributed by atoms with Gasteiger partial charge >= 0.3 is 6.03 Å². The SMILES string of the molecule is O=C(Nc1ccc(-c2ccc(C(=O)Nc3ccc(S(=O)(=O)O)c4cc(S(=O)(=O)O)cc(S(=O)(=O)O)c34)cc2)cc1)Nc1ccc(-c2ccc(C(=O)Nc3ccc(S(=O)(=O)O)c4cc(S(=O)(=O)O)cc(S(=O)(=O)O)c34)cc2)cc1. The Morgan fingerprint density at radius 3 is 0.859 bits per heavy atom. The smallest absolute Gasteiger partial charge is 0.321 e. The zero-order chi connectivity index (χ0) is 57.1. The lowest BCUT2D eigenvalue weighted by Crippen LogP contribution is -2.19. The van der Waals surface area contributed by atoms with Crippen LogP contribution in [0.25, 0.3) is 43.8 Å². The van der Waals surface area contributed by atoms with Crippen molar-refractivity contribution in [3.63, 3.8) is 0 Å². The molecule has 0 spiro atoms. The highest BCUT2D eigenvalue weighted by Crippen LogP contribution is 2.39. The molecule has 10 N–H and O–H groups in total. The summed E-state index contributed by atoms with van der Waals surface area (Å²) in [5.74, 6) is -1.75. The van der Waals surface area contributed by atoms with Gasteiger partial charge in [-0.1, -0.05) is 48.5 Å². The number of amides is 4. The van der Waals surface area contributed by atoms with Gasteiger partial charge in [-0.2, -0.15) is 50.5 Å². The minimum absolute atomic E-state index is 0.00864. The normalized spacial score (nSPS) is 12.5. The van der Waals surface area contributed by atoms with Crippen LogP contribution in [0.5, 0.6) is 0 Å². The molecule has 0 radical (unpaired) electrons. The van der Waals surface area contributed by atoms with Crippen LogP contribution in [-0.4, -0.2) is 95.7 Å². The summed E-state index contributed by atoms with van der Waals surface area (Å²) in [4.78, 5) is 33.0. The number of hydrogen-bond donors (Lipinski definition) is 10. The highest BCUT2D eigenvalue weighted by Gasteiger charge is 2.29. The summed E-state index contributed by atoms with van der Waals surface area (Å²) in [6.07, 6.45) is 0. The molecule has 8 aromatic rings. The van der Waals surface area contributed by atoms with Gasteiger partial charge in [0.25, 0.3) is 72.5 Å². The average Bonchev–Trinajstić information content (AvgIpc) is 3.41. The summed E-state index contributed by atoms with van der Waals surface area (Å²) < 4.78 is 204. The van der Waals surface area contributed by atoms with Gasteiger partial charge in [0.2, 0.25) is 0 Å². The highest BCUT2D eigenvalue weighted by molar-refractivity contribution is 7.88. The second kappa shape index (κ2) is 20.4. The number of hydrogen-bond acceptors (Lipinski definition) is 15. The summed E-state index contributed by atoms with van der Waals surface area (Å²) in [5, 5.41) is 7.16. The summed E-state index contributed by atoms with van der Waals surface area (Å²) in [6.45, 7) is 0. The van der Waals surface area contributed by atoms with Crippen molar-refractivity contribution in [2.75, 3.05) is 21.3 Å². The Labute approximate surface area is 442 Å². The Kier molecular flexibility index (Phi) is 14.7. The van der Waals surface area contributed by atoms with E-state index in [-0.39, 0.29) is 11.1 Å². The Morgan fingerprint density at radius 1 is 0.308 bits per heavy atom. The van der Waals surface area contributed by atoms with Crippen LogP contribution in [0.2, 0.25) is 0 Å². The largest absolute Gasteiger partial charge is 0.323 e. The van der Waals surface area contributed by atoms with E-state index in [4.69, 9.17) is 0 Å². The van der Waals surface area contributed by atoms with Gasteiger partial charge in [0, 0.05) is 44.0 Å². The first kappa shape index (κ1) is 56.2. The van der Waals surface area contributed by atoms with Crippen LogP contribution in [0, 0.1) is 0 Å². The van der Waals surface area contributed by atoms with E-state index in [9.17, 15) is 92.2 Å². The van der Waals surface area contributed by atoms with Crippen LogP contribution in [0.4, 0.5) is 27.5 Å². The fourth-order valence-electron chi connectivity index (χ4n) is 7.95. The van der Waals surface area contributed by atoms with Crippen molar-refractivity contribution < 1.29 is 92.2 Å². The van der Waals surface area contributed by atoms with E-state index in [0.717, 1.165) is 24.3 Å². The van der Waals surface area contributed by atoms with Crippen molar-refractivity contribution >= 4 is 123 Å². The minimum Gasteiger partial charge on any atom is -0.321 e. The Balaban J connectivity index is 0.908. The number of anilines is 4. The molecule has 0 saturated heterocycles. The molecule has 25 nitrogen and oxygen atoms in total. The highest BCUT2D eigenvalue weighted by atomic mass is 32.2. The third-order valence-corrected chi connectivity index (χ3v) is 16.7. The number of benzene rings is 8. The van der Waals surface area contributed by atoms with Gasteiger partial charge < -0.3 is 21.3 Å². The molecule has 78 heavy (non-hydrogen) atoms. The van der Waals surface area contributed by atoms with E-state index >= 15 is 0 Å². The van der Waals surface area contributed by atoms with Crippen molar-refractivity contribution in [3.8, 4) is 22.3 Å². The number of urea groups is 1. The topological polar surface area (TPSA) is 426 Å². The van der Waals surface area contributed by atoms with E-state index < -0.39 is 141 Å². The Morgan fingerprint density at radius 2 is 0.590 bits per heavy atom.